The Morgan fingerprint density at radius 2 is 2.13 bits per heavy atom. The van der Waals surface area contributed by atoms with Crippen LogP contribution in [0.3, 0.4) is 0 Å². The molecule has 0 bridgehead atoms. The number of hydrogen-bond donors (Lipinski definition) is 2. The number of benzene rings is 1. The Labute approximate surface area is 87.1 Å². The highest BCUT2D eigenvalue weighted by Gasteiger charge is 2.13. The van der Waals surface area contributed by atoms with Gasteiger partial charge in [0.05, 0.1) is 0 Å². The summed E-state index contributed by atoms with van der Waals surface area (Å²) < 4.78 is 13.0. The molecule has 6 heteroatoms. The SMILES string of the molecule is CN(C=O)Cc1cc(F)cc(B(O)O)c1. The third-order valence-corrected chi connectivity index (χ3v) is 1.89. The number of rotatable bonds is 4. The Morgan fingerprint density at radius 1 is 1.47 bits per heavy atom. The highest BCUT2D eigenvalue weighted by atomic mass is 19.1. The molecular weight excluding hydrogens is 200 g/mol. The van der Waals surface area contributed by atoms with E-state index in [9.17, 15) is 9.18 Å². The zero-order valence-corrected chi connectivity index (χ0v) is 8.22. The van der Waals surface area contributed by atoms with E-state index in [-0.39, 0.29) is 12.0 Å². The molecule has 0 unspecified atom stereocenters. The van der Waals surface area contributed by atoms with Gasteiger partial charge in [-0.1, -0.05) is 6.07 Å². The highest BCUT2D eigenvalue weighted by Crippen LogP contribution is 2.04. The van der Waals surface area contributed by atoms with Crippen molar-refractivity contribution in [3.8, 4) is 0 Å². The molecule has 0 fully saturated rings. The van der Waals surface area contributed by atoms with Crippen LogP contribution in [0.2, 0.25) is 0 Å². The van der Waals surface area contributed by atoms with E-state index in [1.54, 1.807) is 7.05 Å². The fourth-order valence-corrected chi connectivity index (χ4v) is 1.24. The standard InChI is InChI=1S/C9H11BFNO3/c1-12(6-13)5-7-2-8(10(14)15)4-9(11)3-7/h2-4,6,14-15H,5H2,1H3. The van der Waals surface area contributed by atoms with Gasteiger partial charge in [0.25, 0.3) is 0 Å². The van der Waals surface area contributed by atoms with Crippen LogP contribution in [0.4, 0.5) is 4.39 Å². The summed E-state index contributed by atoms with van der Waals surface area (Å²) >= 11 is 0. The number of nitrogens with zero attached hydrogens (tertiary/aromatic N) is 1. The van der Waals surface area contributed by atoms with Gasteiger partial charge in [-0.3, -0.25) is 4.79 Å². The van der Waals surface area contributed by atoms with Gasteiger partial charge in [0.1, 0.15) is 5.82 Å². The van der Waals surface area contributed by atoms with Gasteiger partial charge in [0.15, 0.2) is 0 Å². The first kappa shape index (κ1) is 11.7. The van der Waals surface area contributed by atoms with Gasteiger partial charge >= 0.3 is 7.12 Å². The quantitative estimate of drug-likeness (QED) is 0.500. The van der Waals surface area contributed by atoms with Gasteiger partial charge < -0.3 is 14.9 Å². The molecule has 2 N–H and O–H groups in total. The van der Waals surface area contributed by atoms with Gasteiger partial charge in [-0.15, -0.1) is 0 Å². The molecule has 1 rings (SSSR count). The summed E-state index contributed by atoms with van der Waals surface area (Å²) in [5.74, 6) is -0.560. The van der Waals surface area contributed by atoms with Crippen LogP contribution >= 0.6 is 0 Å². The minimum atomic E-state index is -1.71. The predicted octanol–water partition coefficient (Wildman–Crippen LogP) is -0.906. The summed E-state index contributed by atoms with van der Waals surface area (Å²) in [5.41, 5.74) is 0.581. The lowest BCUT2D eigenvalue weighted by atomic mass is 9.79. The Morgan fingerprint density at radius 3 is 2.67 bits per heavy atom. The van der Waals surface area contributed by atoms with Crippen LogP contribution in [-0.4, -0.2) is 35.5 Å². The molecule has 0 aliphatic rings. The van der Waals surface area contributed by atoms with Crippen molar-refractivity contribution in [2.24, 2.45) is 0 Å². The van der Waals surface area contributed by atoms with Crippen LogP contribution in [-0.2, 0) is 11.3 Å². The van der Waals surface area contributed by atoms with Crippen molar-refractivity contribution >= 4 is 19.0 Å². The van der Waals surface area contributed by atoms with Crippen molar-refractivity contribution in [2.45, 2.75) is 6.54 Å². The fourth-order valence-electron chi connectivity index (χ4n) is 1.24. The summed E-state index contributed by atoms with van der Waals surface area (Å²) in [6.45, 7) is 0.223. The van der Waals surface area contributed by atoms with Crippen molar-refractivity contribution in [1.82, 2.24) is 4.90 Å². The normalized spacial score (nSPS) is 9.87. The molecule has 0 aliphatic heterocycles. The molecule has 0 saturated heterocycles. The Balaban J connectivity index is 2.93. The first-order valence-corrected chi connectivity index (χ1v) is 4.34. The molecule has 0 atom stereocenters. The fraction of sp³-hybridized carbons (Fsp3) is 0.222. The van der Waals surface area contributed by atoms with Crippen molar-refractivity contribution < 1.29 is 19.2 Å². The molecule has 1 aromatic carbocycles. The van der Waals surface area contributed by atoms with Crippen molar-refractivity contribution in [1.29, 1.82) is 0 Å². The van der Waals surface area contributed by atoms with Crippen LogP contribution in [0.25, 0.3) is 0 Å². The predicted molar refractivity (Wildman–Crippen MR) is 53.8 cm³/mol. The summed E-state index contributed by atoms with van der Waals surface area (Å²) in [6, 6.07) is 3.72. The maximum atomic E-state index is 13.0. The van der Waals surface area contributed by atoms with Crippen LogP contribution in [0.5, 0.6) is 0 Å². The Hall–Kier alpha value is -1.40. The lowest BCUT2D eigenvalue weighted by molar-refractivity contribution is -0.117. The maximum Gasteiger partial charge on any atom is 0.488 e. The van der Waals surface area contributed by atoms with E-state index in [0.29, 0.717) is 12.0 Å². The molecule has 80 valence electrons. The van der Waals surface area contributed by atoms with Gasteiger partial charge in [0, 0.05) is 13.6 Å². The largest absolute Gasteiger partial charge is 0.488 e. The van der Waals surface area contributed by atoms with Gasteiger partial charge in [-0.05, 0) is 23.2 Å². The maximum absolute atomic E-state index is 13.0. The number of carbonyl (C=O) groups is 1. The smallest absolute Gasteiger partial charge is 0.423 e. The number of carbonyl (C=O) groups excluding carboxylic acids is 1. The van der Waals surface area contributed by atoms with Crippen molar-refractivity contribution in [3.05, 3.63) is 29.6 Å². The average molecular weight is 211 g/mol. The van der Waals surface area contributed by atoms with E-state index in [2.05, 4.69) is 0 Å². The van der Waals surface area contributed by atoms with E-state index >= 15 is 0 Å². The molecule has 1 amide bonds. The minimum Gasteiger partial charge on any atom is -0.423 e. The molecule has 0 aromatic heterocycles. The van der Waals surface area contributed by atoms with Crippen LogP contribution < -0.4 is 5.46 Å². The highest BCUT2D eigenvalue weighted by molar-refractivity contribution is 6.58. The van der Waals surface area contributed by atoms with E-state index < -0.39 is 12.9 Å². The van der Waals surface area contributed by atoms with Crippen LogP contribution in [0.1, 0.15) is 5.56 Å². The third-order valence-electron chi connectivity index (χ3n) is 1.89. The number of amides is 1. The summed E-state index contributed by atoms with van der Waals surface area (Å²) in [7, 11) is -0.159. The molecule has 0 saturated carbocycles. The average Bonchev–Trinajstić information content (AvgIpc) is 2.16. The second kappa shape index (κ2) is 4.90. The molecule has 0 heterocycles. The van der Waals surface area contributed by atoms with Crippen molar-refractivity contribution in [3.63, 3.8) is 0 Å². The first-order valence-electron chi connectivity index (χ1n) is 4.34. The second-order valence-electron chi connectivity index (χ2n) is 3.29. The molecular formula is C9H11BFNO3. The summed E-state index contributed by atoms with van der Waals surface area (Å²) in [4.78, 5) is 11.7. The lowest BCUT2D eigenvalue weighted by Gasteiger charge is -2.11. The number of halogens is 1. The monoisotopic (exact) mass is 211 g/mol. The van der Waals surface area contributed by atoms with E-state index in [1.165, 1.54) is 17.0 Å². The first-order chi connectivity index (χ1) is 7.02. The molecule has 15 heavy (non-hydrogen) atoms. The molecule has 0 radical (unpaired) electrons. The van der Waals surface area contributed by atoms with E-state index in [0.717, 1.165) is 6.07 Å². The number of hydrogen-bond acceptors (Lipinski definition) is 3. The zero-order chi connectivity index (χ0) is 11.4. The van der Waals surface area contributed by atoms with Crippen LogP contribution in [0, 0.1) is 5.82 Å². The van der Waals surface area contributed by atoms with Gasteiger partial charge in [0.2, 0.25) is 6.41 Å². The second-order valence-corrected chi connectivity index (χ2v) is 3.29. The topological polar surface area (TPSA) is 60.8 Å². The molecule has 4 nitrogen and oxygen atoms in total. The van der Waals surface area contributed by atoms with Gasteiger partial charge in [-0.2, -0.15) is 0 Å². The summed E-state index contributed by atoms with van der Waals surface area (Å²) in [5, 5.41) is 17.7. The van der Waals surface area contributed by atoms with E-state index in [4.69, 9.17) is 10.0 Å². The lowest BCUT2D eigenvalue weighted by Crippen LogP contribution is -2.31. The van der Waals surface area contributed by atoms with E-state index in [1.807, 2.05) is 0 Å². The third kappa shape index (κ3) is 3.34. The minimum absolute atomic E-state index is 0.0734. The van der Waals surface area contributed by atoms with Gasteiger partial charge in [-0.25, -0.2) is 4.39 Å². The Kier molecular flexibility index (Phi) is 3.82. The summed E-state index contributed by atoms with van der Waals surface area (Å²) in [6.07, 6.45) is 0.611. The van der Waals surface area contributed by atoms with Crippen LogP contribution in [0.15, 0.2) is 18.2 Å². The van der Waals surface area contributed by atoms with Crippen molar-refractivity contribution in [2.75, 3.05) is 7.05 Å². The molecule has 1 aromatic rings. The zero-order valence-electron chi connectivity index (χ0n) is 8.22. The Bertz CT molecular complexity index is 359. The molecule has 0 spiro atoms. The molecule has 0 aliphatic carbocycles.